The molecule has 136 valence electrons. The van der Waals surface area contributed by atoms with Gasteiger partial charge in [-0.3, -0.25) is 14.4 Å². The minimum Gasteiger partial charge on any atom is -0.350 e. The predicted octanol–water partition coefficient (Wildman–Crippen LogP) is 2.06. The molecule has 0 bridgehead atoms. The maximum absolute atomic E-state index is 13.5. The van der Waals surface area contributed by atoms with Gasteiger partial charge in [0.05, 0.1) is 17.8 Å². The first-order valence-electron chi connectivity index (χ1n) is 8.26. The van der Waals surface area contributed by atoms with Crippen molar-refractivity contribution in [2.75, 3.05) is 11.9 Å². The maximum atomic E-state index is 13.5. The van der Waals surface area contributed by atoms with Gasteiger partial charge in [0.1, 0.15) is 5.82 Å². The van der Waals surface area contributed by atoms with E-state index in [9.17, 15) is 18.8 Å². The normalized spacial score (nSPS) is 19.1. The average Bonchev–Trinajstić information content (AvgIpc) is 3.22. The molecule has 6 nitrogen and oxygen atoms in total. The zero-order chi connectivity index (χ0) is 18.8. The van der Waals surface area contributed by atoms with Gasteiger partial charge in [-0.25, -0.2) is 4.39 Å². The number of amides is 3. The third-order valence-corrected chi connectivity index (χ3v) is 3.85. The molecule has 0 heterocycles. The van der Waals surface area contributed by atoms with E-state index in [1.807, 2.05) is 27.7 Å². The number of carbonyl (C=O) groups is 3. The summed E-state index contributed by atoms with van der Waals surface area (Å²) in [5.41, 5.74) is -0.190. The van der Waals surface area contributed by atoms with Crippen molar-refractivity contribution in [1.82, 2.24) is 10.6 Å². The van der Waals surface area contributed by atoms with Crippen LogP contribution < -0.4 is 16.0 Å². The van der Waals surface area contributed by atoms with Crippen molar-refractivity contribution in [3.63, 3.8) is 0 Å². The van der Waals surface area contributed by atoms with Crippen LogP contribution in [-0.4, -0.2) is 29.8 Å². The highest BCUT2D eigenvalue weighted by molar-refractivity contribution is 6.05. The number of carbonyl (C=O) groups excluding carboxylic acids is 3. The summed E-state index contributed by atoms with van der Waals surface area (Å²) in [6.07, 6.45) is 0.807. The molecular formula is C18H24FN3O3. The van der Waals surface area contributed by atoms with Crippen molar-refractivity contribution in [3.05, 3.63) is 29.6 Å². The average molecular weight is 349 g/mol. The number of benzene rings is 1. The monoisotopic (exact) mass is 349 g/mol. The number of halogens is 1. The fraction of sp³-hybridized carbons (Fsp3) is 0.500. The fourth-order valence-electron chi connectivity index (χ4n) is 2.44. The first-order chi connectivity index (χ1) is 11.6. The summed E-state index contributed by atoms with van der Waals surface area (Å²) in [6, 6.07) is 3.57. The molecule has 2 atom stereocenters. The van der Waals surface area contributed by atoms with Crippen molar-refractivity contribution in [2.24, 2.45) is 11.8 Å². The van der Waals surface area contributed by atoms with Crippen molar-refractivity contribution >= 4 is 23.4 Å². The van der Waals surface area contributed by atoms with Gasteiger partial charge in [0.15, 0.2) is 0 Å². The minimum absolute atomic E-state index is 0.00906. The van der Waals surface area contributed by atoms with E-state index < -0.39 is 17.3 Å². The number of hydrogen-bond acceptors (Lipinski definition) is 3. The quantitative estimate of drug-likeness (QED) is 0.760. The molecule has 0 spiro atoms. The highest BCUT2D eigenvalue weighted by atomic mass is 19.1. The Balaban J connectivity index is 2.04. The summed E-state index contributed by atoms with van der Waals surface area (Å²) in [4.78, 5) is 36.2. The molecule has 3 N–H and O–H groups in total. The Labute approximate surface area is 146 Å². The van der Waals surface area contributed by atoms with Crippen LogP contribution in [0.4, 0.5) is 10.1 Å². The van der Waals surface area contributed by atoms with Gasteiger partial charge in [-0.1, -0.05) is 6.92 Å². The van der Waals surface area contributed by atoms with E-state index >= 15 is 0 Å². The van der Waals surface area contributed by atoms with Crippen molar-refractivity contribution in [3.8, 4) is 0 Å². The summed E-state index contributed by atoms with van der Waals surface area (Å²) < 4.78 is 13.5. The highest BCUT2D eigenvalue weighted by Crippen LogP contribution is 2.38. The third kappa shape index (κ3) is 5.55. The number of anilines is 1. The molecule has 1 aliphatic rings. The zero-order valence-electron chi connectivity index (χ0n) is 14.9. The standard InChI is InChI=1S/C18H24FN3O3/c1-10-7-12(10)17(25)21-14-6-5-11(19)8-13(14)16(24)20-9-15(23)22-18(2,3)4/h5-6,8,10,12H,7,9H2,1-4H3,(H,20,24)(H,21,25)(H,22,23)/t10-,12+/m1/s1. The Morgan fingerprint density at radius 1 is 1.24 bits per heavy atom. The van der Waals surface area contributed by atoms with E-state index in [1.165, 1.54) is 12.1 Å². The molecule has 1 fully saturated rings. The van der Waals surface area contributed by atoms with Crippen LogP contribution in [-0.2, 0) is 9.59 Å². The smallest absolute Gasteiger partial charge is 0.253 e. The zero-order valence-corrected chi connectivity index (χ0v) is 14.9. The van der Waals surface area contributed by atoms with Gasteiger partial charge in [0.25, 0.3) is 5.91 Å². The summed E-state index contributed by atoms with van der Waals surface area (Å²) in [6.45, 7) is 7.21. The Morgan fingerprint density at radius 2 is 1.88 bits per heavy atom. The van der Waals surface area contributed by atoms with Gasteiger partial charge in [-0.2, -0.15) is 0 Å². The first kappa shape index (κ1) is 18.9. The first-order valence-corrected chi connectivity index (χ1v) is 8.26. The van der Waals surface area contributed by atoms with Crippen molar-refractivity contribution in [1.29, 1.82) is 0 Å². The van der Waals surface area contributed by atoms with Gasteiger partial charge in [-0.05, 0) is 51.3 Å². The topological polar surface area (TPSA) is 87.3 Å². The van der Waals surface area contributed by atoms with Crippen LogP contribution in [0.2, 0.25) is 0 Å². The third-order valence-electron chi connectivity index (χ3n) is 3.85. The lowest BCUT2D eigenvalue weighted by atomic mass is 10.1. The molecule has 1 aromatic carbocycles. The van der Waals surface area contributed by atoms with Gasteiger partial charge < -0.3 is 16.0 Å². The van der Waals surface area contributed by atoms with Gasteiger partial charge in [0.2, 0.25) is 11.8 Å². The molecule has 0 unspecified atom stereocenters. The van der Waals surface area contributed by atoms with Crippen LogP contribution in [0, 0.1) is 17.7 Å². The summed E-state index contributed by atoms with van der Waals surface area (Å²) in [5.74, 6) is -1.50. The Morgan fingerprint density at radius 3 is 2.44 bits per heavy atom. The van der Waals surface area contributed by atoms with Crippen molar-refractivity contribution < 1.29 is 18.8 Å². The molecule has 2 rings (SSSR count). The molecule has 3 amide bonds. The molecule has 1 saturated carbocycles. The van der Waals surface area contributed by atoms with Crippen LogP contribution in [0.25, 0.3) is 0 Å². The van der Waals surface area contributed by atoms with E-state index in [-0.39, 0.29) is 35.5 Å². The second kappa shape index (κ2) is 7.21. The predicted molar refractivity (Wildman–Crippen MR) is 92.5 cm³/mol. The van der Waals surface area contributed by atoms with E-state index in [0.29, 0.717) is 5.92 Å². The fourth-order valence-corrected chi connectivity index (χ4v) is 2.44. The summed E-state index contributed by atoms with van der Waals surface area (Å²) in [7, 11) is 0. The summed E-state index contributed by atoms with van der Waals surface area (Å²) >= 11 is 0. The van der Waals surface area contributed by atoms with E-state index in [2.05, 4.69) is 16.0 Å². The molecule has 0 aliphatic heterocycles. The molecule has 1 aromatic rings. The van der Waals surface area contributed by atoms with Gasteiger partial charge >= 0.3 is 0 Å². The highest BCUT2D eigenvalue weighted by Gasteiger charge is 2.39. The van der Waals surface area contributed by atoms with Crippen LogP contribution >= 0.6 is 0 Å². The summed E-state index contributed by atoms with van der Waals surface area (Å²) in [5, 5.41) is 7.83. The Hall–Kier alpha value is -2.44. The van der Waals surface area contributed by atoms with E-state index in [0.717, 1.165) is 12.5 Å². The van der Waals surface area contributed by atoms with Crippen LogP contribution in [0.15, 0.2) is 18.2 Å². The van der Waals surface area contributed by atoms with Gasteiger partial charge in [0, 0.05) is 11.5 Å². The largest absolute Gasteiger partial charge is 0.350 e. The lowest BCUT2D eigenvalue weighted by molar-refractivity contribution is -0.121. The lowest BCUT2D eigenvalue weighted by Gasteiger charge is -2.20. The van der Waals surface area contributed by atoms with Crippen LogP contribution in [0.3, 0.4) is 0 Å². The minimum atomic E-state index is -0.622. The van der Waals surface area contributed by atoms with Gasteiger partial charge in [-0.15, -0.1) is 0 Å². The van der Waals surface area contributed by atoms with Crippen LogP contribution in [0.5, 0.6) is 0 Å². The number of nitrogens with one attached hydrogen (secondary N) is 3. The molecule has 0 aromatic heterocycles. The molecule has 7 heteroatoms. The Bertz CT molecular complexity index is 697. The van der Waals surface area contributed by atoms with Crippen molar-refractivity contribution in [2.45, 2.75) is 39.7 Å². The lowest BCUT2D eigenvalue weighted by Crippen LogP contribution is -2.45. The number of rotatable bonds is 5. The van der Waals surface area contributed by atoms with E-state index in [1.54, 1.807) is 0 Å². The van der Waals surface area contributed by atoms with Crippen LogP contribution in [0.1, 0.15) is 44.5 Å². The molecule has 0 saturated heterocycles. The number of hydrogen-bond donors (Lipinski definition) is 3. The Kier molecular flexibility index (Phi) is 5.45. The SMILES string of the molecule is C[C@@H]1C[C@@H]1C(=O)Nc1ccc(F)cc1C(=O)NCC(=O)NC(C)(C)C. The molecular weight excluding hydrogens is 325 g/mol. The maximum Gasteiger partial charge on any atom is 0.253 e. The molecule has 1 aliphatic carbocycles. The van der Waals surface area contributed by atoms with E-state index in [4.69, 9.17) is 0 Å². The molecule has 25 heavy (non-hydrogen) atoms. The second-order valence-electron chi connectivity index (χ2n) is 7.48. The molecule has 0 radical (unpaired) electrons. The second-order valence-corrected chi connectivity index (χ2v) is 7.48.